The van der Waals surface area contributed by atoms with E-state index in [4.69, 9.17) is 15.0 Å². The third-order valence-corrected chi connectivity index (χ3v) is 4.58. The van der Waals surface area contributed by atoms with Gasteiger partial charge in [0, 0.05) is 11.7 Å². The largest absolute Gasteiger partial charge is 0.497 e. The van der Waals surface area contributed by atoms with Crippen LogP contribution < -0.4 is 5.73 Å². The van der Waals surface area contributed by atoms with E-state index in [2.05, 4.69) is 4.99 Å². The van der Waals surface area contributed by atoms with Crippen LogP contribution in [0.4, 0.5) is 0 Å². The number of hydrogen-bond donors (Lipinski definition) is 2. The van der Waals surface area contributed by atoms with Gasteiger partial charge >= 0.3 is 7.12 Å². The Morgan fingerprint density at radius 1 is 1.25 bits per heavy atom. The number of aliphatic imine (C=N–C) groups is 1. The Hall–Kier alpha value is -0.845. The molecule has 1 aliphatic carbocycles. The Kier molecular flexibility index (Phi) is 4.28. The number of nitrogens with two attached hydrogens (primary N) is 1. The van der Waals surface area contributed by atoms with E-state index >= 15 is 0 Å². The molecule has 0 aromatic rings. The number of aliphatic hydroxyl groups is 1. The molecule has 0 aromatic heterocycles. The SMILES string of the molecule is CC1(C)OB(C(C=NC2CCCC2O)=CN)OC1(C)C. The fraction of sp³-hybridized carbons (Fsp3) is 0.786. The molecule has 0 radical (unpaired) electrons. The van der Waals surface area contributed by atoms with E-state index in [1.807, 2.05) is 27.7 Å². The van der Waals surface area contributed by atoms with Gasteiger partial charge in [-0.3, -0.25) is 4.99 Å². The first-order chi connectivity index (χ1) is 9.27. The van der Waals surface area contributed by atoms with Crippen molar-refractivity contribution in [3.05, 3.63) is 11.7 Å². The lowest BCUT2D eigenvalue weighted by Gasteiger charge is -2.32. The Bertz CT molecular complexity index is 405. The summed E-state index contributed by atoms with van der Waals surface area (Å²) in [6.07, 6.45) is 5.55. The van der Waals surface area contributed by atoms with Crippen molar-refractivity contribution in [3.63, 3.8) is 0 Å². The Labute approximate surface area is 121 Å². The highest BCUT2D eigenvalue weighted by molar-refractivity contribution is 6.60. The molecule has 0 amide bonds. The third kappa shape index (κ3) is 2.92. The molecule has 0 spiro atoms. The fourth-order valence-corrected chi connectivity index (χ4v) is 2.44. The van der Waals surface area contributed by atoms with Crippen LogP contribution >= 0.6 is 0 Å². The molecule has 112 valence electrons. The van der Waals surface area contributed by atoms with Crippen LogP contribution in [0.2, 0.25) is 0 Å². The summed E-state index contributed by atoms with van der Waals surface area (Å²) in [7, 11) is -0.507. The fourth-order valence-electron chi connectivity index (χ4n) is 2.44. The monoisotopic (exact) mass is 280 g/mol. The Morgan fingerprint density at radius 3 is 2.30 bits per heavy atom. The standard InChI is InChI=1S/C14H25BN2O3/c1-13(2)14(3,4)20-15(19-13)10(8-16)9-17-11-6-5-7-12(11)18/h8-9,11-12,18H,5-7,16H2,1-4H3. The number of aliphatic hydroxyl groups excluding tert-OH is 1. The first kappa shape index (κ1) is 15.5. The van der Waals surface area contributed by atoms with Crippen molar-refractivity contribution in [3.8, 4) is 0 Å². The van der Waals surface area contributed by atoms with Gasteiger partial charge in [-0.1, -0.05) is 0 Å². The van der Waals surface area contributed by atoms with E-state index in [0.717, 1.165) is 19.3 Å². The molecular formula is C14H25BN2O3. The summed E-state index contributed by atoms with van der Waals surface area (Å²) >= 11 is 0. The van der Waals surface area contributed by atoms with Gasteiger partial charge in [0.15, 0.2) is 0 Å². The number of rotatable bonds is 3. The molecule has 1 saturated heterocycles. The molecule has 20 heavy (non-hydrogen) atoms. The van der Waals surface area contributed by atoms with Gasteiger partial charge in [-0.05, 0) is 53.2 Å². The highest BCUT2D eigenvalue weighted by Gasteiger charge is 2.52. The normalized spacial score (nSPS) is 33.2. The Balaban J connectivity index is 2.05. The molecule has 5 nitrogen and oxygen atoms in total. The van der Waals surface area contributed by atoms with Gasteiger partial charge in [-0.15, -0.1) is 0 Å². The molecule has 2 fully saturated rings. The van der Waals surface area contributed by atoms with E-state index in [1.54, 1.807) is 6.21 Å². The maximum absolute atomic E-state index is 9.78. The lowest BCUT2D eigenvalue weighted by molar-refractivity contribution is 0.00578. The van der Waals surface area contributed by atoms with Gasteiger partial charge in [0.1, 0.15) is 0 Å². The minimum atomic E-state index is -0.507. The molecule has 0 aromatic carbocycles. The highest BCUT2D eigenvalue weighted by atomic mass is 16.7. The van der Waals surface area contributed by atoms with Crippen LogP contribution in [0.1, 0.15) is 47.0 Å². The topological polar surface area (TPSA) is 77.1 Å². The zero-order valence-corrected chi connectivity index (χ0v) is 12.8. The molecule has 6 heteroatoms. The van der Waals surface area contributed by atoms with Crippen LogP contribution in [0.15, 0.2) is 16.7 Å². The summed E-state index contributed by atoms with van der Waals surface area (Å²) < 4.78 is 11.9. The number of nitrogens with zero attached hydrogens (tertiary/aromatic N) is 1. The molecule has 3 N–H and O–H groups in total. The van der Waals surface area contributed by atoms with E-state index in [1.165, 1.54) is 6.20 Å². The maximum atomic E-state index is 9.78. The summed E-state index contributed by atoms with van der Waals surface area (Å²) in [6.45, 7) is 8.00. The van der Waals surface area contributed by atoms with Crippen molar-refractivity contribution in [1.29, 1.82) is 0 Å². The first-order valence-corrected chi connectivity index (χ1v) is 7.25. The first-order valence-electron chi connectivity index (χ1n) is 7.25. The van der Waals surface area contributed by atoms with Gasteiger partial charge in [0.05, 0.1) is 23.3 Å². The molecular weight excluding hydrogens is 255 g/mol. The molecule has 2 rings (SSSR count). The predicted molar refractivity (Wildman–Crippen MR) is 80.5 cm³/mol. The second kappa shape index (κ2) is 5.50. The number of allylic oxidation sites excluding steroid dienone is 1. The molecule has 1 heterocycles. The molecule has 2 unspecified atom stereocenters. The zero-order valence-electron chi connectivity index (χ0n) is 12.8. The highest BCUT2D eigenvalue weighted by Crippen LogP contribution is 2.38. The predicted octanol–water partition coefficient (Wildman–Crippen LogP) is 1.44. The van der Waals surface area contributed by atoms with E-state index in [9.17, 15) is 5.11 Å². The summed E-state index contributed by atoms with van der Waals surface area (Å²) in [5.41, 5.74) is 5.58. The van der Waals surface area contributed by atoms with Crippen LogP contribution in [0.25, 0.3) is 0 Å². The summed E-state index contributed by atoms with van der Waals surface area (Å²) in [4.78, 5) is 4.43. The van der Waals surface area contributed by atoms with Crippen LogP contribution in [0.3, 0.4) is 0 Å². The maximum Gasteiger partial charge on any atom is 0.497 e. The average molecular weight is 280 g/mol. The van der Waals surface area contributed by atoms with Gasteiger partial charge in [-0.2, -0.15) is 0 Å². The Morgan fingerprint density at radius 2 is 1.85 bits per heavy atom. The summed E-state index contributed by atoms with van der Waals surface area (Å²) in [5.74, 6) is 0. The summed E-state index contributed by atoms with van der Waals surface area (Å²) in [5, 5.41) is 9.78. The van der Waals surface area contributed by atoms with Gasteiger partial charge in [-0.25, -0.2) is 0 Å². The summed E-state index contributed by atoms with van der Waals surface area (Å²) in [6, 6.07) is -0.0348. The van der Waals surface area contributed by atoms with Crippen LogP contribution in [-0.4, -0.2) is 41.8 Å². The molecule has 1 aliphatic heterocycles. The third-order valence-electron chi connectivity index (χ3n) is 4.58. The lowest BCUT2D eigenvalue weighted by Crippen LogP contribution is -2.41. The average Bonchev–Trinajstić information content (AvgIpc) is 2.82. The van der Waals surface area contributed by atoms with Gasteiger partial charge in [0.25, 0.3) is 0 Å². The van der Waals surface area contributed by atoms with Crippen molar-refractivity contribution in [1.82, 2.24) is 0 Å². The van der Waals surface area contributed by atoms with Gasteiger partial charge < -0.3 is 20.1 Å². The second-order valence-electron chi connectivity index (χ2n) is 6.60. The van der Waals surface area contributed by atoms with Crippen molar-refractivity contribution in [2.24, 2.45) is 10.7 Å². The smallest absolute Gasteiger partial charge is 0.405 e. The van der Waals surface area contributed by atoms with Crippen molar-refractivity contribution >= 4 is 13.3 Å². The molecule has 2 aliphatic rings. The number of hydrogen-bond acceptors (Lipinski definition) is 5. The molecule has 2 atom stereocenters. The molecule has 0 bridgehead atoms. The van der Waals surface area contributed by atoms with E-state index < -0.39 is 18.3 Å². The minimum Gasteiger partial charge on any atom is -0.405 e. The molecule has 1 saturated carbocycles. The lowest BCUT2D eigenvalue weighted by atomic mass is 9.79. The van der Waals surface area contributed by atoms with E-state index in [0.29, 0.717) is 5.47 Å². The van der Waals surface area contributed by atoms with Crippen LogP contribution in [0.5, 0.6) is 0 Å². The van der Waals surface area contributed by atoms with Crippen molar-refractivity contribution in [2.75, 3.05) is 0 Å². The van der Waals surface area contributed by atoms with Crippen molar-refractivity contribution < 1.29 is 14.4 Å². The van der Waals surface area contributed by atoms with Crippen LogP contribution in [-0.2, 0) is 9.31 Å². The van der Waals surface area contributed by atoms with Crippen molar-refractivity contribution in [2.45, 2.75) is 70.3 Å². The zero-order chi connectivity index (χ0) is 15.0. The second-order valence-corrected chi connectivity index (χ2v) is 6.60. The van der Waals surface area contributed by atoms with Crippen LogP contribution in [0, 0.1) is 0 Å². The minimum absolute atomic E-state index is 0.0348. The van der Waals surface area contributed by atoms with E-state index in [-0.39, 0.29) is 12.1 Å². The van der Waals surface area contributed by atoms with Gasteiger partial charge in [0.2, 0.25) is 0 Å². The quantitative estimate of drug-likeness (QED) is 0.606.